The van der Waals surface area contributed by atoms with Crippen LogP contribution in [-0.2, 0) is 0 Å². The molecule has 0 aromatic carbocycles. The Hall–Kier alpha value is -2.10. The fourth-order valence-electron chi connectivity index (χ4n) is 3.12. The molecule has 0 aromatic rings. The van der Waals surface area contributed by atoms with Gasteiger partial charge in [0.05, 0.1) is 0 Å². The van der Waals surface area contributed by atoms with E-state index in [9.17, 15) is 0 Å². The minimum atomic E-state index is 0.774. The SMILES string of the molecule is C=C(CC1CCCCC1)NC(=C)C(=C)C(=C)NCCC/C(C)=C/C.N=O. The molecule has 0 radical (unpaired) electrons. The first-order chi connectivity index (χ1) is 12.4. The minimum absolute atomic E-state index is 0.774. The lowest BCUT2D eigenvalue weighted by molar-refractivity contribution is 0.352. The van der Waals surface area contributed by atoms with Crippen molar-refractivity contribution in [1.82, 2.24) is 10.6 Å². The lowest BCUT2D eigenvalue weighted by atomic mass is 9.86. The van der Waals surface area contributed by atoms with Crippen LogP contribution >= 0.6 is 0 Å². The molecule has 0 aliphatic heterocycles. The van der Waals surface area contributed by atoms with Gasteiger partial charge < -0.3 is 10.6 Å². The molecule has 0 amide bonds. The predicted octanol–water partition coefficient (Wildman–Crippen LogP) is 6.31. The Kier molecular flexibility index (Phi) is 13.0. The number of rotatable bonds is 11. The van der Waals surface area contributed by atoms with Gasteiger partial charge in [-0.25, -0.2) is 0 Å². The highest BCUT2D eigenvalue weighted by Crippen LogP contribution is 2.28. The van der Waals surface area contributed by atoms with E-state index in [2.05, 4.69) is 62.5 Å². The maximum atomic E-state index is 7.50. The van der Waals surface area contributed by atoms with E-state index in [1.165, 1.54) is 37.7 Å². The fourth-order valence-corrected chi connectivity index (χ4v) is 3.12. The summed E-state index contributed by atoms with van der Waals surface area (Å²) in [5.74, 6) is 0.774. The molecule has 1 fully saturated rings. The number of allylic oxidation sites excluding steroid dienone is 3. The Morgan fingerprint density at radius 2 is 1.69 bits per heavy atom. The van der Waals surface area contributed by atoms with E-state index in [4.69, 9.17) is 4.91 Å². The summed E-state index contributed by atoms with van der Waals surface area (Å²) in [6.07, 6.45) is 12.2. The van der Waals surface area contributed by atoms with Crippen LogP contribution in [0.4, 0.5) is 0 Å². The summed E-state index contributed by atoms with van der Waals surface area (Å²) in [7, 11) is 0. The molecule has 4 heteroatoms. The van der Waals surface area contributed by atoms with Crippen molar-refractivity contribution in [3.8, 4) is 0 Å². The van der Waals surface area contributed by atoms with E-state index in [0.717, 1.165) is 54.4 Å². The van der Waals surface area contributed by atoms with Gasteiger partial charge in [0.1, 0.15) is 0 Å². The molecule has 4 nitrogen and oxygen atoms in total. The van der Waals surface area contributed by atoms with Crippen LogP contribution in [0.25, 0.3) is 0 Å². The van der Waals surface area contributed by atoms with Crippen molar-refractivity contribution in [3.05, 3.63) is 65.5 Å². The Morgan fingerprint density at radius 1 is 1.08 bits per heavy atom. The van der Waals surface area contributed by atoms with Crippen LogP contribution in [0, 0.1) is 16.4 Å². The summed E-state index contributed by atoms with van der Waals surface area (Å²) in [5, 5.41) is 6.67. The number of nitrogens with one attached hydrogen (secondary N) is 3. The maximum absolute atomic E-state index is 7.50. The van der Waals surface area contributed by atoms with E-state index < -0.39 is 0 Å². The highest BCUT2D eigenvalue weighted by molar-refractivity contribution is 5.41. The van der Waals surface area contributed by atoms with Crippen molar-refractivity contribution in [3.63, 3.8) is 0 Å². The molecule has 0 bridgehead atoms. The van der Waals surface area contributed by atoms with Gasteiger partial charge in [0.2, 0.25) is 0 Å². The molecule has 146 valence electrons. The second kappa shape index (κ2) is 14.1. The second-order valence-corrected chi connectivity index (χ2v) is 7.04. The lowest BCUT2D eigenvalue weighted by Crippen LogP contribution is -2.21. The summed E-state index contributed by atoms with van der Waals surface area (Å²) < 4.78 is 0. The first-order valence-electron chi connectivity index (χ1n) is 9.52. The summed E-state index contributed by atoms with van der Waals surface area (Å²) in [4.78, 5) is 7.50. The first-order valence-corrected chi connectivity index (χ1v) is 9.52. The summed E-state index contributed by atoms with van der Waals surface area (Å²) in [6, 6.07) is 0. The van der Waals surface area contributed by atoms with Crippen LogP contribution in [-0.4, -0.2) is 6.54 Å². The molecule has 1 saturated carbocycles. The molecule has 0 saturated heterocycles. The third-order valence-corrected chi connectivity index (χ3v) is 4.90. The molecule has 0 heterocycles. The van der Waals surface area contributed by atoms with E-state index in [1.54, 1.807) is 0 Å². The summed E-state index contributed by atoms with van der Waals surface area (Å²) >= 11 is 0. The standard InChI is InChI=1S/C22H36N2.HNO/c1-7-17(2)12-11-15-23-20(5)19(4)21(6)24-18(3)16-22-13-9-8-10-14-22;1-2/h7,22-24H,3-6,8-16H2,1-2H3;1H/b17-7+;. The Balaban J connectivity index is 0.00000301. The average Bonchev–Trinajstić information content (AvgIpc) is 2.66. The van der Waals surface area contributed by atoms with Gasteiger partial charge in [-0.1, -0.05) is 75.7 Å². The molecule has 1 aliphatic carbocycles. The number of hydrogen-bond donors (Lipinski definition) is 3. The quantitative estimate of drug-likeness (QED) is 0.175. The zero-order valence-electron chi connectivity index (χ0n) is 16.8. The third-order valence-electron chi connectivity index (χ3n) is 4.90. The van der Waals surface area contributed by atoms with Crippen molar-refractivity contribution in [2.75, 3.05) is 6.54 Å². The van der Waals surface area contributed by atoms with Gasteiger partial charge >= 0.3 is 0 Å². The number of nitroso groups, excluding NO2 is 1. The molecular formula is C22H37N3O. The van der Waals surface area contributed by atoms with E-state index in [0.29, 0.717) is 0 Å². The van der Waals surface area contributed by atoms with Crippen LogP contribution in [0.5, 0.6) is 0 Å². The lowest BCUT2D eigenvalue weighted by Gasteiger charge is -2.24. The molecule has 1 aliphatic rings. The Bertz CT molecular complexity index is 513. The topological polar surface area (TPSA) is 65.0 Å². The maximum Gasteiger partial charge on any atom is 0.0396 e. The van der Waals surface area contributed by atoms with Crippen molar-refractivity contribution in [1.29, 1.82) is 5.59 Å². The molecule has 0 aromatic heterocycles. The number of hydrogen-bond acceptors (Lipinski definition) is 4. The Labute approximate surface area is 160 Å². The first kappa shape index (κ1) is 23.9. The zero-order valence-corrected chi connectivity index (χ0v) is 16.8. The van der Waals surface area contributed by atoms with E-state index in [-0.39, 0.29) is 0 Å². The van der Waals surface area contributed by atoms with Crippen LogP contribution in [0.15, 0.2) is 60.6 Å². The van der Waals surface area contributed by atoms with Gasteiger partial charge in [-0.2, -0.15) is 4.91 Å². The molecule has 0 unspecified atom stereocenters. The van der Waals surface area contributed by atoms with Crippen molar-refractivity contribution >= 4 is 0 Å². The van der Waals surface area contributed by atoms with Gasteiger partial charge in [0.15, 0.2) is 0 Å². The molecule has 0 atom stereocenters. The van der Waals surface area contributed by atoms with Crippen molar-refractivity contribution in [2.24, 2.45) is 5.92 Å². The highest BCUT2D eigenvalue weighted by Gasteiger charge is 2.15. The molecule has 3 N–H and O–H groups in total. The van der Waals surface area contributed by atoms with Gasteiger partial charge in [-0.3, -0.25) is 0 Å². The van der Waals surface area contributed by atoms with Gasteiger partial charge in [-0.05, 0) is 39.0 Å². The van der Waals surface area contributed by atoms with Crippen LogP contribution < -0.4 is 10.6 Å². The molecular weight excluding hydrogens is 322 g/mol. The van der Waals surface area contributed by atoms with Crippen molar-refractivity contribution in [2.45, 2.75) is 65.2 Å². The van der Waals surface area contributed by atoms with Crippen molar-refractivity contribution < 1.29 is 0 Å². The van der Waals surface area contributed by atoms with E-state index in [1.807, 2.05) is 0 Å². The molecule has 26 heavy (non-hydrogen) atoms. The van der Waals surface area contributed by atoms with Gasteiger partial charge in [0.25, 0.3) is 0 Å². The summed E-state index contributed by atoms with van der Waals surface area (Å²) in [5.41, 5.74) is 9.45. The van der Waals surface area contributed by atoms with Crippen LogP contribution in [0.1, 0.15) is 65.2 Å². The molecule has 1 rings (SSSR count). The van der Waals surface area contributed by atoms with E-state index >= 15 is 0 Å². The highest BCUT2D eigenvalue weighted by atomic mass is 16.2. The monoisotopic (exact) mass is 359 g/mol. The third kappa shape index (κ3) is 10.0. The minimum Gasteiger partial charge on any atom is -0.385 e. The zero-order chi connectivity index (χ0) is 19.9. The normalized spacial score (nSPS) is 14.6. The predicted molar refractivity (Wildman–Crippen MR) is 114 cm³/mol. The molecule has 0 spiro atoms. The fraction of sp³-hybridized carbons (Fsp3) is 0.545. The van der Waals surface area contributed by atoms with Gasteiger partial charge in [-0.15, -0.1) is 0 Å². The van der Waals surface area contributed by atoms with Gasteiger partial charge in [0, 0.05) is 29.2 Å². The second-order valence-electron chi connectivity index (χ2n) is 7.04. The summed E-state index contributed by atoms with van der Waals surface area (Å²) in [6.45, 7) is 21.6. The van der Waals surface area contributed by atoms with Crippen LogP contribution in [0.2, 0.25) is 0 Å². The van der Waals surface area contributed by atoms with Crippen LogP contribution in [0.3, 0.4) is 0 Å². The largest absolute Gasteiger partial charge is 0.385 e. The Morgan fingerprint density at radius 3 is 2.27 bits per heavy atom. The average molecular weight is 360 g/mol. The smallest absolute Gasteiger partial charge is 0.0396 e.